The van der Waals surface area contributed by atoms with Crippen LogP contribution in [0.3, 0.4) is 0 Å². The summed E-state index contributed by atoms with van der Waals surface area (Å²) in [5, 5.41) is 9.34. The van der Waals surface area contributed by atoms with Crippen LogP contribution in [0.2, 0.25) is 0 Å². The summed E-state index contributed by atoms with van der Waals surface area (Å²) in [6.07, 6.45) is 3.45. The van der Waals surface area contributed by atoms with Crippen molar-refractivity contribution < 1.29 is 4.79 Å². The molecule has 0 atom stereocenters. The second-order valence-electron chi connectivity index (χ2n) is 4.10. The fourth-order valence-corrected chi connectivity index (χ4v) is 1.57. The molecule has 0 aliphatic heterocycles. The van der Waals surface area contributed by atoms with Crippen LogP contribution in [-0.2, 0) is 6.54 Å². The van der Waals surface area contributed by atoms with Crippen LogP contribution in [0, 0.1) is 13.8 Å². The summed E-state index contributed by atoms with van der Waals surface area (Å²) in [6, 6.07) is 1.87. The smallest absolute Gasteiger partial charge is 0.274 e. The summed E-state index contributed by atoms with van der Waals surface area (Å²) in [4.78, 5) is 15.9. The van der Waals surface area contributed by atoms with Crippen molar-refractivity contribution in [3.05, 3.63) is 41.0 Å². The number of carbonyl (C=O) groups excluding carboxylic acids is 1. The summed E-state index contributed by atoms with van der Waals surface area (Å²) >= 11 is 0. The van der Waals surface area contributed by atoms with E-state index in [0.29, 0.717) is 17.9 Å². The summed E-state index contributed by atoms with van der Waals surface area (Å²) in [5.41, 5.74) is 9.10. The Morgan fingerprint density at radius 2 is 2.28 bits per heavy atom. The lowest BCUT2D eigenvalue weighted by Crippen LogP contribution is -2.24. The number of nitrogens with zero attached hydrogens (tertiary/aromatic N) is 2. The van der Waals surface area contributed by atoms with Crippen LogP contribution in [0.4, 0.5) is 5.69 Å². The van der Waals surface area contributed by atoms with Gasteiger partial charge >= 0.3 is 0 Å². The molecule has 18 heavy (non-hydrogen) atoms. The number of aromatic nitrogens is 3. The monoisotopic (exact) mass is 245 g/mol. The molecule has 0 spiro atoms. The number of nitrogen functional groups attached to an aromatic ring is 1. The van der Waals surface area contributed by atoms with E-state index in [1.54, 1.807) is 19.3 Å². The average Bonchev–Trinajstić information content (AvgIpc) is 2.69. The van der Waals surface area contributed by atoms with Crippen molar-refractivity contribution in [2.75, 3.05) is 5.73 Å². The van der Waals surface area contributed by atoms with Crippen molar-refractivity contribution >= 4 is 11.6 Å². The van der Waals surface area contributed by atoms with Gasteiger partial charge < -0.3 is 11.1 Å². The number of nitrogens with two attached hydrogens (primary N) is 1. The Morgan fingerprint density at radius 1 is 1.50 bits per heavy atom. The Kier molecular flexibility index (Phi) is 3.27. The Hall–Kier alpha value is -2.37. The zero-order valence-electron chi connectivity index (χ0n) is 10.3. The quantitative estimate of drug-likeness (QED) is 0.749. The number of hydrogen-bond donors (Lipinski definition) is 3. The molecule has 94 valence electrons. The number of amides is 1. The van der Waals surface area contributed by atoms with Crippen LogP contribution < -0.4 is 11.1 Å². The van der Waals surface area contributed by atoms with Gasteiger partial charge in [0.2, 0.25) is 0 Å². The van der Waals surface area contributed by atoms with E-state index in [0.717, 1.165) is 11.1 Å². The van der Waals surface area contributed by atoms with Crippen molar-refractivity contribution in [1.29, 1.82) is 0 Å². The van der Waals surface area contributed by atoms with Gasteiger partial charge in [-0.3, -0.25) is 14.9 Å². The first-order valence-corrected chi connectivity index (χ1v) is 5.57. The van der Waals surface area contributed by atoms with Crippen LogP contribution in [0.5, 0.6) is 0 Å². The standard InChI is InChI=1S/C12H15N5O/c1-7-5-14-4-3-9(7)6-15-12(18)11-10(13)8(2)16-17-11/h3-5H,6,13H2,1-2H3,(H,15,18)(H,16,17). The van der Waals surface area contributed by atoms with Crippen LogP contribution in [0.15, 0.2) is 18.5 Å². The van der Waals surface area contributed by atoms with Gasteiger partial charge in [-0.05, 0) is 31.0 Å². The third-order valence-electron chi connectivity index (χ3n) is 2.79. The maximum Gasteiger partial charge on any atom is 0.274 e. The van der Waals surface area contributed by atoms with E-state index in [9.17, 15) is 4.79 Å². The molecule has 0 aromatic carbocycles. The van der Waals surface area contributed by atoms with Gasteiger partial charge in [0.1, 0.15) is 0 Å². The third kappa shape index (κ3) is 2.32. The number of rotatable bonds is 3. The lowest BCUT2D eigenvalue weighted by molar-refractivity contribution is 0.0946. The molecular formula is C12H15N5O. The topological polar surface area (TPSA) is 96.7 Å². The maximum atomic E-state index is 11.9. The van der Waals surface area contributed by atoms with Crippen molar-refractivity contribution in [1.82, 2.24) is 20.5 Å². The van der Waals surface area contributed by atoms with E-state index in [1.807, 2.05) is 13.0 Å². The van der Waals surface area contributed by atoms with Crippen LogP contribution in [-0.4, -0.2) is 21.1 Å². The molecule has 2 heterocycles. The second-order valence-corrected chi connectivity index (χ2v) is 4.10. The van der Waals surface area contributed by atoms with E-state index >= 15 is 0 Å². The molecule has 0 aliphatic carbocycles. The summed E-state index contributed by atoms with van der Waals surface area (Å²) in [6.45, 7) is 4.15. The molecule has 0 unspecified atom stereocenters. The Bertz CT molecular complexity index is 576. The molecule has 0 fully saturated rings. The number of aromatic amines is 1. The minimum atomic E-state index is -0.284. The maximum absolute atomic E-state index is 11.9. The molecule has 2 aromatic rings. The van der Waals surface area contributed by atoms with E-state index < -0.39 is 0 Å². The highest BCUT2D eigenvalue weighted by Gasteiger charge is 2.14. The molecule has 0 saturated carbocycles. The minimum absolute atomic E-state index is 0.235. The molecular weight excluding hydrogens is 230 g/mol. The first-order valence-electron chi connectivity index (χ1n) is 5.57. The van der Waals surface area contributed by atoms with Gasteiger partial charge in [-0.2, -0.15) is 5.10 Å². The zero-order valence-corrected chi connectivity index (χ0v) is 10.3. The van der Waals surface area contributed by atoms with Gasteiger partial charge in [-0.1, -0.05) is 0 Å². The predicted molar refractivity (Wildman–Crippen MR) is 67.9 cm³/mol. The average molecular weight is 245 g/mol. The van der Waals surface area contributed by atoms with E-state index in [1.165, 1.54) is 0 Å². The van der Waals surface area contributed by atoms with Crippen molar-refractivity contribution in [2.45, 2.75) is 20.4 Å². The van der Waals surface area contributed by atoms with Gasteiger partial charge in [-0.25, -0.2) is 0 Å². The number of anilines is 1. The van der Waals surface area contributed by atoms with Crippen molar-refractivity contribution in [3.63, 3.8) is 0 Å². The molecule has 0 saturated heterocycles. The zero-order chi connectivity index (χ0) is 13.1. The fourth-order valence-electron chi connectivity index (χ4n) is 1.57. The van der Waals surface area contributed by atoms with Crippen molar-refractivity contribution in [3.8, 4) is 0 Å². The number of aryl methyl sites for hydroxylation is 2. The summed E-state index contributed by atoms with van der Waals surface area (Å²) in [7, 11) is 0. The van der Waals surface area contributed by atoms with Crippen LogP contribution in [0.1, 0.15) is 27.3 Å². The Labute approximate surface area is 105 Å². The first-order chi connectivity index (χ1) is 8.59. The predicted octanol–water partition coefficient (Wildman–Crippen LogP) is 0.934. The number of hydrogen-bond acceptors (Lipinski definition) is 4. The van der Waals surface area contributed by atoms with Gasteiger partial charge in [0.05, 0.1) is 11.4 Å². The highest BCUT2D eigenvalue weighted by atomic mass is 16.1. The fraction of sp³-hybridized carbons (Fsp3) is 0.250. The lowest BCUT2D eigenvalue weighted by atomic mass is 10.1. The van der Waals surface area contributed by atoms with Crippen LogP contribution >= 0.6 is 0 Å². The highest BCUT2D eigenvalue weighted by molar-refractivity contribution is 5.97. The molecule has 2 rings (SSSR count). The summed E-state index contributed by atoms with van der Waals surface area (Å²) < 4.78 is 0. The normalized spacial score (nSPS) is 10.3. The molecule has 6 nitrogen and oxygen atoms in total. The lowest BCUT2D eigenvalue weighted by Gasteiger charge is -2.06. The minimum Gasteiger partial charge on any atom is -0.395 e. The molecule has 0 aliphatic rings. The molecule has 0 radical (unpaired) electrons. The largest absolute Gasteiger partial charge is 0.395 e. The number of carbonyl (C=O) groups is 1. The molecule has 4 N–H and O–H groups in total. The van der Waals surface area contributed by atoms with E-state index in [-0.39, 0.29) is 11.6 Å². The Morgan fingerprint density at radius 3 is 2.89 bits per heavy atom. The molecule has 0 bridgehead atoms. The first kappa shape index (κ1) is 12.1. The van der Waals surface area contributed by atoms with Crippen molar-refractivity contribution in [2.24, 2.45) is 0 Å². The SMILES string of the molecule is Cc1cnccc1CNC(=O)c1n[nH]c(C)c1N. The molecule has 6 heteroatoms. The van der Waals surface area contributed by atoms with E-state index in [2.05, 4.69) is 20.5 Å². The number of pyridine rings is 1. The second kappa shape index (κ2) is 4.87. The Balaban J connectivity index is 2.05. The summed E-state index contributed by atoms with van der Waals surface area (Å²) in [5.74, 6) is -0.284. The van der Waals surface area contributed by atoms with Gasteiger partial charge in [0, 0.05) is 18.9 Å². The molecule has 1 amide bonds. The highest BCUT2D eigenvalue weighted by Crippen LogP contribution is 2.12. The third-order valence-corrected chi connectivity index (χ3v) is 2.79. The number of nitrogens with one attached hydrogen (secondary N) is 2. The van der Waals surface area contributed by atoms with Gasteiger partial charge in [0.15, 0.2) is 5.69 Å². The number of H-pyrrole nitrogens is 1. The van der Waals surface area contributed by atoms with Gasteiger partial charge in [-0.15, -0.1) is 0 Å². The van der Waals surface area contributed by atoms with Crippen LogP contribution in [0.25, 0.3) is 0 Å². The van der Waals surface area contributed by atoms with Gasteiger partial charge in [0.25, 0.3) is 5.91 Å². The van der Waals surface area contributed by atoms with E-state index in [4.69, 9.17) is 5.73 Å². The molecule has 2 aromatic heterocycles.